The molecule has 0 aliphatic carbocycles. The Balaban J connectivity index is 2.65. The fraction of sp³-hybridized carbons (Fsp3) is 0.706. The number of aliphatic imine (C=N–C) groups is 1. The first-order chi connectivity index (χ1) is 11.8. The lowest BCUT2D eigenvalue weighted by Crippen LogP contribution is -2.42. The Bertz CT molecular complexity index is 621. The summed E-state index contributed by atoms with van der Waals surface area (Å²) in [6, 6.07) is 4.17. The molecule has 0 amide bonds. The molecule has 1 aromatic heterocycles. The van der Waals surface area contributed by atoms with Crippen molar-refractivity contribution in [3.05, 3.63) is 22.4 Å². The van der Waals surface area contributed by atoms with Gasteiger partial charge in [0.1, 0.15) is 0 Å². The van der Waals surface area contributed by atoms with Crippen molar-refractivity contribution in [1.29, 1.82) is 0 Å². The Morgan fingerprint density at radius 3 is 2.44 bits per heavy atom. The predicted molar refractivity (Wildman–Crippen MR) is 108 cm³/mol. The largest absolute Gasteiger partial charge is 0.357 e. The Labute approximate surface area is 156 Å². The molecule has 0 radical (unpaired) electrons. The number of hydrogen-bond acceptors (Lipinski definition) is 4. The summed E-state index contributed by atoms with van der Waals surface area (Å²) in [7, 11) is -3.22. The van der Waals surface area contributed by atoms with Crippen molar-refractivity contribution in [2.45, 2.75) is 40.0 Å². The third kappa shape index (κ3) is 6.95. The van der Waals surface area contributed by atoms with Gasteiger partial charge in [-0.05, 0) is 18.4 Å². The maximum atomic E-state index is 12.2. The van der Waals surface area contributed by atoms with Gasteiger partial charge in [-0.2, -0.15) is 0 Å². The summed E-state index contributed by atoms with van der Waals surface area (Å²) in [4.78, 5) is 5.93. The molecule has 0 aromatic carbocycles. The SMILES string of the molecule is CCNC(=NCC(C)(C)c1cccs1)NCCS(=O)(=O)N(CC)CC. The van der Waals surface area contributed by atoms with Crippen LogP contribution in [0.2, 0.25) is 0 Å². The van der Waals surface area contributed by atoms with E-state index in [0.29, 0.717) is 32.1 Å². The van der Waals surface area contributed by atoms with Crippen molar-refractivity contribution < 1.29 is 8.42 Å². The van der Waals surface area contributed by atoms with Crippen molar-refractivity contribution >= 4 is 27.3 Å². The second-order valence-corrected chi connectivity index (χ2v) is 9.42. The molecule has 25 heavy (non-hydrogen) atoms. The van der Waals surface area contributed by atoms with Gasteiger partial charge in [-0.15, -0.1) is 11.3 Å². The third-order valence-corrected chi connectivity index (χ3v) is 7.18. The van der Waals surface area contributed by atoms with Crippen molar-refractivity contribution in [3.8, 4) is 0 Å². The van der Waals surface area contributed by atoms with Crippen LogP contribution in [-0.4, -0.2) is 57.2 Å². The van der Waals surface area contributed by atoms with Gasteiger partial charge in [-0.3, -0.25) is 4.99 Å². The second kappa shape index (κ2) is 10.1. The molecule has 6 nitrogen and oxygen atoms in total. The minimum absolute atomic E-state index is 0.0518. The van der Waals surface area contributed by atoms with E-state index in [2.05, 4.69) is 40.9 Å². The predicted octanol–water partition coefficient (Wildman–Crippen LogP) is 2.25. The van der Waals surface area contributed by atoms with Gasteiger partial charge in [0.15, 0.2) is 5.96 Å². The quantitative estimate of drug-likeness (QED) is 0.476. The lowest BCUT2D eigenvalue weighted by atomic mass is 9.92. The highest BCUT2D eigenvalue weighted by Crippen LogP contribution is 2.27. The van der Waals surface area contributed by atoms with E-state index < -0.39 is 10.0 Å². The number of sulfonamides is 1. The third-order valence-electron chi connectivity index (χ3n) is 3.92. The molecule has 0 bridgehead atoms. The fourth-order valence-electron chi connectivity index (χ4n) is 2.40. The van der Waals surface area contributed by atoms with E-state index in [1.807, 2.05) is 26.8 Å². The van der Waals surface area contributed by atoms with Gasteiger partial charge >= 0.3 is 0 Å². The van der Waals surface area contributed by atoms with Crippen LogP contribution in [0.1, 0.15) is 39.5 Å². The normalized spacial score (nSPS) is 13.3. The molecular weight excluding hydrogens is 356 g/mol. The summed E-state index contributed by atoms with van der Waals surface area (Å²) >= 11 is 1.73. The van der Waals surface area contributed by atoms with Gasteiger partial charge in [0, 0.05) is 36.5 Å². The molecule has 0 saturated carbocycles. The van der Waals surface area contributed by atoms with Crippen LogP contribution in [-0.2, 0) is 15.4 Å². The summed E-state index contributed by atoms with van der Waals surface area (Å²) in [5, 5.41) is 8.38. The van der Waals surface area contributed by atoms with Crippen LogP contribution in [0.15, 0.2) is 22.5 Å². The number of nitrogens with one attached hydrogen (secondary N) is 2. The van der Waals surface area contributed by atoms with Crippen LogP contribution >= 0.6 is 11.3 Å². The highest BCUT2D eigenvalue weighted by atomic mass is 32.2. The van der Waals surface area contributed by atoms with Crippen LogP contribution in [0.5, 0.6) is 0 Å². The van der Waals surface area contributed by atoms with Crippen LogP contribution in [0.25, 0.3) is 0 Å². The van der Waals surface area contributed by atoms with E-state index in [-0.39, 0.29) is 11.2 Å². The molecule has 144 valence electrons. The monoisotopic (exact) mass is 388 g/mol. The fourth-order valence-corrected chi connectivity index (χ4v) is 4.65. The van der Waals surface area contributed by atoms with E-state index in [1.165, 1.54) is 9.18 Å². The highest BCUT2D eigenvalue weighted by Gasteiger charge is 2.22. The molecule has 0 spiro atoms. The lowest BCUT2D eigenvalue weighted by molar-refractivity contribution is 0.445. The standard InChI is InChI=1S/C17H32N4O2S2/c1-6-18-16(19-11-13-25(22,23)21(7-2)8-3)20-14-17(4,5)15-10-9-12-24-15/h9-10,12H,6-8,11,13-14H2,1-5H3,(H2,18,19,20). The number of nitrogens with zero attached hydrogens (tertiary/aromatic N) is 2. The first-order valence-electron chi connectivity index (χ1n) is 8.80. The van der Waals surface area contributed by atoms with Crippen LogP contribution in [0.4, 0.5) is 0 Å². The summed E-state index contributed by atoms with van der Waals surface area (Å²) in [6.07, 6.45) is 0. The number of hydrogen-bond donors (Lipinski definition) is 2. The molecule has 1 aromatic rings. The van der Waals surface area contributed by atoms with Crippen molar-refractivity contribution in [3.63, 3.8) is 0 Å². The summed E-state index contributed by atoms with van der Waals surface area (Å²) in [6.45, 7) is 12.7. The zero-order chi connectivity index (χ0) is 18.9. The summed E-state index contributed by atoms with van der Waals surface area (Å²) in [5.74, 6) is 0.717. The van der Waals surface area contributed by atoms with Crippen molar-refractivity contribution in [2.24, 2.45) is 4.99 Å². The maximum absolute atomic E-state index is 12.2. The van der Waals surface area contributed by atoms with Gasteiger partial charge in [-0.25, -0.2) is 12.7 Å². The topological polar surface area (TPSA) is 73.8 Å². The number of guanidine groups is 1. The maximum Gasteiger partial charge on any atom is 0.215 e. The highest BCUT2D eigenvalue weighted by molar-refractivity contribution is 7.89. The van der Waals surface area contributed by atoms with Gasteiger partial charge in [-0.1, -0.05) is 33.8 Å². The van der Waals surface area contributed by atoms with Gasteiger partial charge < -0.3 is 10.6 Å². The van der Waals surface area contributed by atoms with E-state index in [0.717, 1.165) is 6.54 Å². The zero-order valence-corrected chi connectivity index (χ0v) is 17.6. The van der Waals surface area contributed by atoms with Crippen molar-refractivity contribution in [1.82, 2.24) is 14.9 Å². The molecule has 0 aliphatic heterocycles. The Morgan fingerprint density at radius 1 is 1.24 bits per heavy atom. The Morgan fingerprint density at radius 2 is 1.92 bits per heavy atom. The van der Waals surface area contributed by atoms with E-state index in [9.17, 15) is 8.42 Å². The minimum Gasteiger partial charge on any atom is -0.357 e. The molecule has 2 N–H and O–H groups in total. The van der Waals surface area contributed by atoms with Gasteiger partial charge in [0.05, 0.1) is 12.3 Å². The van der Waals surface area contributed by atoms with Crippen LogP contribution < -0.4 is 10.6 Å². The molecule has 0 fully saturated rings. The number of rotatable bonds is 10. The molecule has 0 atom stereocenters. The molecular formula is C17H32N4O2S2. The average Bonchev–Trinajstić information content (AvgIpc) is 3.08. The Kier molecular flexibility index (Phi) is 8.88. The summed E-state index contributed by atoms with van der Waals surface area (Å²) < 4.78 is 25.9. The van der Waals surface area contributed by atoms with Crippen molar-refractivity contribution in [2.75, 3.05) is 38.5 Å². The van der Waals surface area contributed by atoms with E-state index >= 15 is 0 Å². The Hall–Kier alpha value is -1.12. The van der Waals surface area contributed by atoms with Gasteiger partial charge in [0.2, 0.25) is 10.0 Å². The smallest absolute Gasteiger partial charge is 0.215 e. The van der Waals surface area contributed by atoms with E-state index in [4.69, 9.17) is 0 Å². The number of thiophene rings is 1. The molecule has 1 rings (SSSR count). The average molecular weight is 389 g/mol. The lowest BCUT2D eigenvalue weighted by Gasteiger charge is -2.22. The molecule has 0 saturated heterocycles. The molecule has 1 heterocycles. The van der Waals surface area contributed by atoms with E-state index in [1.54, 1.807) is 11.3 Å². The van der Waals surface area contributed by atoms with Crippen LogP contribution in [0, 0.1) is 0 Å². The molecule has 0 aliphatic rings. The van der Waals surface area contributed by atoms with Gasteiger partial charge in [0.25, 0.3) is 0 Å². The minimum atomic E-state index is -3.22. The zero-order valence-electron chi connectivity index (χ0n) is 16.0. The first-order valence-corrected chi connectivity index (χ1v) is 11.3. The molecule has 0 unspecified atom stereocenters. The second-order valence-electron chi connectivity index (χ2n) is 6.38. The first kappa shape index (κ1) is 21.9. The molecule has 8 heteroatoms. The summed E-state index contributed by atoms with van der Waals surface area (Å²) in [5.41, 5.74) is -0.0518. The van der Waals surface area contributed by atoms with Crippen LogP contribution in [0.3, 0.4) is 0 Å².